The molecule has 0 saturated carbocycles. The molecular weight excluding hydrogens is 640 g/mol. The molecule has 0 aromatic carbocycles. The Labute approximate surface area is 300 Å². The number of hydrogen-bond acceptors (Lipinski definition) is 10. The maximum absolute atomic E-state index is 12.7. The van der Waals surface area contributed by atoms with Crippen molar-refractivity contribution in [3.63, 3.8) is 0 Å². The molecule has 1 rings (SSSR count). The summed E-state index contributed by atoms with van der Waals surface area (Å²) in [5.41, 5.74) is 0. The number of carbonyl (C=O) groups is 2. The van der Waals surface area contributed by atoms with Crippen molar-refractivity contribution in [2.45, 2.75) is 159 Å². The average Bonchev–Trinajstić information content (AvgIpc) is 3.11. The number of carbonyl (C=O) groups excluding carboxylic acids is 2. The fourth-order valence-electron chi connectivity index (χ4n) is 5.29. The van der Waals surface area contributed by atoms with E-state index in [1.165, 1.54) is 0 Å². The highest BCUT2D eigenvalue weighted by atomic mass is 16.7. The summed E-state index contributed by atoms with van der Waals surface area (Å²) in [6, 6.07) is 0. The van der Waals surface area contributed by atoms with Gasteiger partial charge in [-0.25, -0.2) is 0 Å². The zero-order valence-electron chi connectivity index (χ0n) is 30.5. The average molecular weight is 707 g/mol. The van der Waals surface area contributed by atoms with Gasteiger partial charge in [0.05, 0.1) is 13.2 Å². The second kappa shape index (κ2) is 31.2. The van der Waals surface area contributed by atoms with E-state index in [2.05, 4.69) is 62.1 Å². The van der Waals surface area contributed by atoms with Crippen molar-refractivity contribution in [3.8, 4) is 0 Å². The van der Waals surface area contributed by atoms with E-state index < -0.39 is 55.4 Å². The lowest BCUT2D eigenvalue weighted by Crippen LogP contribution is -2.59. The summed E-state index contributed by atoms with van der Waals surface area (Å²) >= 11 is 0. The molecule has 0 aliphatic carbocycles. The first kappa shape index (κ1) is 45.4. The first-order chi connectivity index (χ1) is 24.3. The van der Waals surface area contributed by atoms with Gasteiger partial charge in [-0.05, 0) is 64.2 Å². The number of allylic oxidation sites excluding steroid dienone is 9. The summed E-state index contributed by atoms with van der Waals surface area (Å²) in [5.74, 6) is -0.857. The predicted octanol–water partition coefficient (Wildman–Crippen LogP) is 6.71. The minimum absolute atomic E-state index is 0.205. The largest absolute Gasteiger partial charge is 0.462 e. The van der Waals surface area contributed by atoms with Crippen molar-refractivity contribution in [2.24, 2.45) is 0 Å². The van der Waals surface area contributed by atoms with E-state index in [0.29, 0.717) is 12.8 Å². The first-order valence-electron chi connectivity index (χ1n) is 18.8. The predicted molar refractivity (Wildman–Crippen MR) is 196 cm³/mol. The molecular formula is C40H66O10. The van der Waals surface area contributed by atoms with Crippen LogP contribution in [-0.4, -0.2) is 89.0 Å². The fourth-order valence-corrected chi connectivity index (χ4v) is 5.29. The zero-order valence-corrected chi connectivity index (χ0v) is 30.5. The van der Waals surface area contributed by atoms with Crippen LogP contribution in [0.25, 0.3) is 0 Å². The van der Waals surface area contributed by atoms with Gasteiger partial charge in [0.1, 0.15) is 31.0 Å². The van der Waals surface area contributed by atoms with Crippen molar-refractivity contribution in [1.82, 2.24) is 0 Å². The summed E-state index contributed by atoms with van der Waals surface area (Å²) in [7, 11) is 0. The molecule has 1 heterocycles. The van der Waals surface area contributed by atoms with Gasteiger partial charge in [0.25, 0.3) is 0 Å². The Balaban J connectivity index is 2.43. The second-order valence-electron chi connectivity index (χ2n) is 12.7. The maximum atomic E-state index is 12.7. The van der Waals surface area contributed by atoms with Crippen LogP contribution >= 0.6 is 0 Å². The Kier molecular flexibility index (Phi) is 28.3. The number of ether oxygens (including phenoxy) is 4. The molecule has 0 radical (unpaired) electrons. The monoisotopic (exact) mass is 706 g/mol. The van der Waals surface area contributed by atoms with Crippen LogP contribution < -0.4 is 0 Å². The second-order valence-corrected chi connectivity index (χ2v) is 12.7. The molecule has 0 aromatic rings. The molecule has 1 aliphatic heterocycles. The molecule has 4 N–H and O–H groups in total. The Hall–Kier alpha value is -2.60. The summed E-state index contributed by atoms with van der Waals surface area (Å²) in [5, 5.41) is 39.9. The van der Waals surface area contributed by atoms with Crippen LogP contribution in [0.3, 0.4) is 0 Å². The van der Waals surface area contributed by atoms with Gasteiger partial charge in [-0.3, -0.25) is 9.59 Å². The first-order valence-corrected chi connectivity index (χ1v) is 18.8. The van der Waals surface area contributed by atoms with Crippen molar-refractivity contribution in [3.05, 3.63) is 61.3 Å². The number of aliphatic hydroxyl groups excluding tert-OH is 4. The molecule has 50 heavy (non-hydrogen) atoms. The Bertz CT molecular complexity index is 989. The number of aliphatic hydroxyl groups is 4. The van der Waals surface area contributed by atoms with Crippen LogP contribution in [0, 0.1) is 0 Å². The summed E-state index contributed by atoms with van der Waals surface area (Å²) in [6.07, 6.45) is 27.0. The van der Waals surface area contributed by atoms with Gasteiger partial charge in [-0.1, -0.05) is 100 Å². The van der Waals surface area contributed by atoms with Crippen LogP contribution in [0.2, 0.25) is 0 Å². The highest BCUT2D eigenvalue weighted by molar-refractivity contribution is 5.70. The van der Waals surface area contributed by atoms with Gasteiger partial charge in [0.15, 0.2) is 12.4 Å². The minimum atomic E-state index is -1.60. The lowest BCUT2D eigenvalue weighted by molar-refractivity contribution is -0.305. The van der Waals surface area contributed by atoms with Gasteiger partial charge in [0.2, 0.25) is 0 Å². The lowest BCUT2D eigenvalue weighted by Gasteiger charge is -2.39. The smallest absolute Gasteiger partial charge is 0.306 e. The van der Waals surface area contributed by atoms with Gasteiger partial charge in [-0.2, -0.15) is 0 Å². The molecule has 0 bridgehead atoms. The molecule has 10 nitrogen and oxygen atoms in total. The van der Waals surface area contributed by atoms with Crippen molar-refractivity contribution in [1.29, 1.82) is 0 Å². The zero-order chi connectivity index (χ0) is 36.7. The van der Waals surface area contributed by atoms with Crippen molar-refractivity contribution in [2.75, 3.05) is 19.8 Å². The highest BCUT2D eigenvalue weighted by Gasteiger charge is 2.44. The molecule has 0 amide bonds. The molecule has 1 aliphatic rings. The number of unbranched alkanes of at least 4 members (excludes halogenated alkanes) is 10. The van der Waals surface area contributed by atoms with E-state index >= 15 is 0 Å². The normalized spacial score (nSPS) is 21.8. The molecule has 1 saturated heterocycles. The fraction of sp³-hybridized carbons (Fsp3) is 0.700. The van der Waals surface area contributed by atoms with Crippen LogP contribution in [0.15, 0.2) is 61.3 Å². The van der Waals surface area contributed by atoms with E-state index in [1.807, 2.05) is 6.08 Å². The van der Waals surface area contributed by atoms with Crippen LogP contribution in [0.1, 0.15) is 122 Å². The number of rotatable bonds is 30. The third-order valence-electron chi connectivity index (χ3n) is 8.28. The SMILES string of the molecule is C=CC/C=C/C/C=C\CCCCCCCC(=O)OC[C@H](CO[C@@H]1O[C@H](CO)[C@H](O)[C@H](O)[C@H]1O)OC(=O)CCCCCCC/C=C\C/C=C/CC. The maximum Gasteiger partial charge on any atom is 0.306 e. The summed E-state index contributed by atoms with van der Waals surface area (Å²) in [4.78, 5) is 25.1. The van der Waals surface area contributed by atoms with E-state index in [1.54, 1.807) is 0 Å². The van der Waals surface area contributed by atoms with Crippen LogP contribution in [-0.2, 0) is 28.5 Å². The molecule has 1 fully saturated rings. The summed E-state index contributed by atoms with van der Waals surface area (Å²) in [6.45, 7) is 4.69. The van der Waals surface area contributed by atoms with E-state index in [-0.39, 0.29) is 26.1 Å². The van der Waals surface area contributed by atoms with Gasteiger partial charge < -0.3 is 39.4 Å². The van der Waals surface area contributed by atoms with Crippen LogP contribution in [0.4, 0.5) is 0 Å². The van der Waals surface area contributed by atoms with Crippen molar-refractivity contribution >= 4 is 11.9 Å². The third kappa shape index (κ3) is 23.0. The molecule has 6 atom stereocenters. The van der Waals surface area contributed by atoms with Crippen molar-refractivity contribution < 1.29 is 49.0 Å². The molecule has 0 aromatic heterocycles. The lowest BCUT2D eigenvalue weighted by atomic mass is 9.99. The number of hydrogen-bond donors (Lipinski definition) is 4. The Morgan fingerprint density at radius 3 is 1.82 bits per heavy atom. The Morgan fingerprint density at radius 2 is 1.22 bits per heavy atom. The highest BCUT2D eigenvalue weighted by Crippen LogP contribution is 2.22. The molecule has 10 heteroatoms. The van der Waals surface area contributed by atoms with E-state index in [0.717, 1.165) is 89.9 Å². The molecule has 0 unspecified atom stereocenters. The quantitative estimate of drug-likeness (QED) is 0.0360. The van der Waals surface area contributed by atoms with Gasteiger partial charge >= 0.3 is 11.9 Å². The minimum Gasteiger partial charge on any atom is -0.462 e. The van der Waals surface area contributed by atoms with Gasteiger partial charge in [-0.15, -0.1) is 6.58 Å². The third-order valence-corrected chi connectivity index (χ3v) is 8.28. The number of esters is 2. The molecule has 286 valence electrons. The Morgan fingerprint density at radius 1 is 0.680 bits per heavy atom. The van der Waals surface area contributed by atoms with Gasteiger partial charge in [0, 0.05) is 12.8 Å². The van der Waals surface area contributed by atoms with E-state index in [9.17, 15) is 30.0 Å². The topological polar surface area (TPSA) is 152 Å². The van der Waals surface area contributed by atoms with Crippen LogP contribution in [0.5, 0.6) is 0 Å². The summed E-state index contributed by atoms with van der Waals surface area (Å²) < 4.78 is 22.0. The van der Waals surface area contributed by atoms with E-state index in [4.69, 9.17) is 18.9 Å². The molecule has 0 spiro atoms. The standard InChI is InChI=1S/C40H66O10/c1-3-5-7-9-11-13-15-17-19-20-22-24-26-28-35(42)47-31-33(32-48-40-39(46)38(45)37(44)34(30-41)50-40)49-36(43)29-27-25-23-21-18-16-14-12-10-8-6-4-2/h3,6-9,12-15,33-34,37-41,44-46H,1,4-5,10-11,16-32H2,2H3/b8-6+,9-7+,14-12-,15-13-/t33-,34-,37+,38+,39-,40-/m1/s1.